The lowest BCUT2D eigenvalue weighted by molar-refractivity contribution is -0.139. The third-order valence-electron chi connectivity index (χ3n) is 3.65. The molecule has 0 spiro atoms. The second kappa shape index (κ2) is 6.52. The zero-order valence-corrected chi connectivity index (χ0v) is 11.9. The SMILES string of the molecule is COC(=O)Cc1ccccc1CNC1CCN(C)C1=O. The van der Waals surface area contributed by atoms with Crippen molar-refractivity contribution in [2.24, 2.45) is 0 Å². The van der Waals surface area contributed by atoms with Gasteiger partial charge in [-0.25, -0.2) is 0 Å². The molecule has 1 aromatic rings. The van der Waals surface area contributed by atoms with Gasteiger partial charge in [-0.1, -0.05) is 24.3 Å². The van der Waals surface area contributed by atoms with Crippen LogP contribution < -0.4 is 5.32 Å². The number of ether oxygens (including phenoxy) is 1. The number of nitrogens with one attached hydrogen (secondary N) is 1. The van der Waals surface area contributed by atoms with Gasteiger partial charge >= 0.3 is 5.97 Å². The highest BCUT2D eigenvalue weighted by atomic mass is 16.5. The van der Waals surface area contributed by atoms with E-state index in [1.807, 2.05) is 31.3 Å². The third-order valence-corrected chi connectivity index (χ3v) is 3.65. The zero-order valence-electron chi connectivity index (χ0n) is 11.9. The van der Waals surface area contributed by atoms with Crippen LogP contribution in [-0.4, -0.2) is 43.5 Å². The molecule has 1 aromatic carbocycles. The van der Waals surface area contributed by atoms with Gasteiger partial charge in [-0.3, -0.25) is 9.59 Å². The fourth-order valence-corrected chi connectivity index (χ4v) is 2.38. The van der Waals surface area contributed by atoms with E-state index >= 15 is 0 Å². The first-order chi connectivity index (χ1) is 9.61. The van der Waals surface area contributed by atoms with Crippen molar-refractivity contribution in [2.75, 3.05) is 20.7 Å². The maximum absolute atomic E-state index is 11.8. The fourth-order valence-electron chi connectivity index (χ4n) is 2.38. The largest absolute Gasteiger partial charge is 0.469 e. The van der Waals surface area contributed by atoms with E-state index in [9.17, 15) is 9.59 Å². The second-order valence-electron chi connectivity index (χ2n) is 5.00. The second-order valence-corrected chi connectivity index (χ2v) is 5.00. The summed E-state index contributed by atoms with van der Waals surface area (Å²) in [6.45, 7) is 1.37. The van der Waals surface area contributed by atoms with Crippen LogP contribution >= 0.6 is 0 Å². The molecule has 5 heteroatoms. The van der Waals surface area contributed by atoms with Gasteiger partial charge in [-0.15, -0.1) is 0 Å². The zero-order chi connectivity index (χ0) is 14.5. The van der Waals surface area contributed by atoms with Crippen molar-refractivity contribution in [1.29, 1.82) is 0 Å². The van der Waals surface area contributed by atoms with Gasteiger partial charge in [-0.05, 0) is 17.5 Å². The van der Waals surface area contributed by atoms with Crippen LogP contribution in [0.1, 0.15) is 17.5 Å². The first kappa shape index (κ1) is 14.5. The number of hydrogen-bond acceptors (Lipinski definition) is 4. The summed E-state index contributed by atoms with van der Waals surface area (Å²) in [6, 6.07) is 7.59. The number of carbonyl (C=O) groups is 2. The number of amides is 1. The summed E-state index contributed by atoms with van der Waals surface area (Å²) in [5, 5.41) is 3.27. The van der Waals surface area contributed by atoms with Crippen LogP contribution in [-0.2, 0) is 27.3 Å². The molecule has 0 saturated carbocycles. The predicted octanol–water partition coefficient (Wildman–Crippen LogP) is 0.722. The lowest BCUT2D eigenvalue weighted by atomic mass is 10.0. The summed E-state index contributed by atoms with van der Waals surface area (Å²) in [5.41, 5.74) is 1.96. The topological polar surface area (TPSA) is 58.6 Å². The van der Waals surface area contributed by atoms with Crippen LogP contribution in [0.5, 0.6) is 0 Å². The molecule has 1 saturated heterocycles. The summed E-state index contributed by atoms with van der Waals surface area (Å²) in [5.74, 6) is -0.121. The molecule has 5 nitrogen and oxygen atoms in total. The molecule has 1 unspecified atom stereocenters. The number of esters is 1. The number of methoxy groups -OCH3 is 1. The molecule has 1 aliphatic heterocycles. The van der Waals surface area contributed by atoms with Gasteiger partial charge in [0.1, 0.15) is 0 Å². The molecular weight excluding hydrogens is 256 g/mol. The molecule has 20 heavy (non-hydrogen) atoms. The quantitative estimate of drug-likeness (QED) is 0.805. The van der Waals surface area contributed by atoms with Gasteiger partial charge in [0, 0.05) is 20.1 Å². The highest BCUT2D eigenvalue weighted by Gasteiger charge is 2.28. The lowest BCUT2D eigenvalue weighted by Crippen LogP contribution is -2.36. The van der Waals surface area contributed by atoms with Crippen LogP contribution in [0.3, 0.4) is 0 Å². The Kier molecular flexibility index (Phi) is 4.74. The van der Waals surface area contributed by atoms with Crippen LogP contribution in [0.4, 0.5) is 0 Å². The molecule has 1 N–H and O–H groups in total. The lowest BCUT2D eigenvalue weighted by Gasteiger charge is -2.14. The standard InChI is InChI=1S/C15H20N2O3/c1-17-8-7-13(15(17)19)16-10-12-6-4-3-5-11(12)9-14(18)20-2/h3-6,13,16H,7-10H2,1-2H3. The summed E-state index contributed by atoms with van der Waals surface area (Å²) < 4.78 is 4.70. The number of benzene rings is 1. The van der Waals surface area contributed by atoms with Gasteiger partial charge in [0.15, 0.2) is 0 Å². The van der Waals surface area contributed by atoms with Gasteiger partial charge in [-0.2, -0.15) is 0 Å². The van der Waals surface area contributed by atoms with E-state index in [2.05, 4.69) is 5.32 Å². The van der Waals surface area contributed by atoms with E-state index in [1.54, 1.807) is 4.90 Å². The van der Waals surface area contributed by atoms with Gasteiger partial charge in [0.2, 0.25) is 5.91 Å². The molecule has 1 amide bonds. The van der Waals surface area contributed by atoms with E-state index in [-0.39, 0.29) is 24.3 Å². The van der Waals surface area contributed by atoms with Crippen molar-refractivity contribution in [3.63, 3.8) is 0 Å². The Morgan fingerprint density at radius 2 is 2.10 bits per heavy atom. The number of likely N-dealkylation sites (tertiary alicyclic amines) is 1. The molecule has 1 heterocycles. The third kappa shape index (κ3) is 3.36. The Morgan fingerprint density at radius 1 is 1.40 bits per heavy atom. The normalized spacial score (nSPS) is 18.4. The Balaban J connectivity index is 1.99. The molecule has 108 valence electrons. The Hall–Kier alpha value is -1.88. The van der Waals surface area contributed by atoms with Crippen molar-refractivity contribution >= 4 is 11.9 Å². The Morgan fingerprint density at radius 3 is 2.70 bits per heavy atom. The highest BCUT2D eigenvalue weighted by Crippen LogP contribution is 2.13. The molecule has 0 radical (unpaired) electrons. The first-order valence-corrected chi connectivity index (χ1v) is 6.73. The maximum atomic E-state index is 11.8. The first-order valence-electron chi connectivity index (χ1n) is 6.73. The Labute approximate surface area is 118 Å². The minimum Gasteiger partial charge on any atom is -0.469 e. The highest BCUT2D eigenvalue weighted by molar-refractivity contribution is 5.83. The summed E-state index contributed by atoms with van der Waals surface area (Å²) in [6.07, 6.45) is 1.08. The molecule has 1 aliphatic rings. The van der Waals surface area contributed by atoms with Gasteiger partial charge in [0.25, 0.3) is 0 Å². The smallest absolute Gasteiger partial charge is 0.309 e. The molecule has 1 fully saturated rings. The molecule has 0 aliphatic carbocycles. The fraction of sp³-hybridized carbons (Fsp3) is 0.467. The summed E-state index contributed by atoms with van der Waals surface area (Å²) in [4.78, 5) is 24.9. The number of hydrogen-bond donors (Lipinski definition) is 1. The average Bonchev–Trinajstić information content (AvgIpc) is 2.78. The van der Waals surface area contributed by atoms with E-state index in [0.29, 0.717) is 6.54 Å². The predicted molar refractivity (Wildman–Crippen MR) is 75.0 cm³/mol. The van der Waals surface area contributed by atoms with E-state index in [4.69, 9.17) is 4.74 Å². The van der Waals surface area contributed by atoms with Crippen LogP contribution in [0.15, 0.2) is 24.3 Å². The number of rotatable bonds is 5. The van der Waals surface area contributed by atoms with Crippen molar-refractivity contribution < 1.29 is 14.3 Å². The van der Waals surface area contributed by atoms with Crippen LogP contribution in [0.25, 0.3) is 0 Å². The van der Waals surface area contributed by atoms with Crippen molar-refractivity contribution in [3.8, 4) is 0 Å². The average molecular weight is 276 g/mol. The minimum atomic E-state index is -0.255. The molecular formula is C15H20N2O3. The van der Waals surface area contributed by atoms with Crippen molar-refractivity contribution in [2.45, 2.75) is 25.4 Å². The van der Waals surface area contributed by atoms with Crippen molar-refractivity contribution in [3.05, 3.63) is 35.4 Å². The van der Waals surface area contributed by atoms with Crippen molar-refractivity contribution in [1.82, 2.24) is 10.2 Å². The van der Waals surface area contributed by atoms with E-state index < -0.39 is 0 Å². The summed E-state index contributed by atoms with van der Waals surface area (Å²) in [7, 11) is 3.20. The molecule has 0 bridgehead atoms. The van der Waals surface area contributed by atoms with E-state index in [0.717, 1.165) is 24.1 Å². The summed E-state index contributed by atoms with van der Waals surface area (Å²) >= 11 is 0. The molecule has 1 atom stereocenters. The number of likely N-dealkylation sites (N-methyl/N-ethyl adjacent to an activating group) is 1. The Bertz CT molecular complexity index is 502. The number of nitrogens with zero attached hydrogens (tertiary/aromatic N) is 1. The monoisotopic (exact) mass is 276 g/mol. The maximum Gasteiger partial charge on any atom is 0.309 e. The molecule has 0 aromatic heterocycles. The molecule has 2 rings (SSSR count). The van der Waals surface area contributed by atoms with Crippen LogP contribution in [0, 0.1) is 0 Å². The van der Waals surface area contributed by atoms with E-state index in [1.165, 1.54) is 7.11 Å². The minimum absolute atomic E-state index is 0.119. The van der Waals surface area contributed by atoms with Crippen LogP contribution in [0.2, 0.25) is 0 Å². The van der Waals surface area contributed by atoms with Gasteiger partial charge < -0.3 is 15.0 Å². The number of carbonyl (C=O) groups excluding carboxylic acids is 2. The van der Waals surface area contributed by atoms with Gasteiger partial charge in [0.05, 0.1) is 19.6 Å².